The van der Waals surface area contributed by atoms with Gasteiger partial charge in [-0.1, -0.05) is 6.07 Å². The molecule has 1 atom stereocenters. The predicted molar refractivity (Wildman–Crippen MR) is 119 cm³/mol. The lowest BCUT2D eigenvalue weighted by Crippen LogP contribution is -2.40. The molecule has 1 saturated heterocycles. The molecule has 0 aliphatic carbocycles. The van der Waals surface area contributed by atoms with Gasteiger partial charge in [-0.25, -0.2) is 0 Å². The third kappa shape index (κ3) is 6.03. The number of rotatable bonds is 8. The molecule has 2 aromatic heterocycles. The average Bonchev–Trinajstić information content (AvgIpc) is 3.30. The zero-order valence-corrected chi connectivity index (χ0v) is 18.6. The average molecular weight is 486 g/mol. The maximum absolute atomic E-state index is 5.58. The van der Waals surface area contributed by atoms with Crippen LogP contribution >= 0.6 is 24.0 Å². The summed E-state index contributed by atoms with van der Waals surface area (Å²) in [5.74, 6) is 2.64. The van der Waals surface area contributed by atoms with Crippen LogP contribution in [0.5, 0.6) is 0 Å². The Kier molecular flexibility index (Phi) is 9.26. The number of aryl methyl sites for hydroxylation is 1. The van der Waals surface area contributed by atoms with Gasteiger partial charge in [0.2, 0.25) is 0 Å². The second-order valence-corrected chi connectivity index (χ2v) is 6.64. The normalized spacial score (nSPS) is 17.3. The minimum atomic E-state index is 0. The van der Waals surface area contributed by atoms with Crippen LogP contribution in [0.1, 0.15) is 32.5 Å². The first-order valence-corrected chi connectivity index (χ1v) is 9.71. The number of aliphatic imine (C=N–C) groups is 1. The molecule has 8 heteroatoms. The Morgan fingerprint density at radius 1 is 1.33 bits per heavy atom. The van der Waals surface area contributed by atoms with E-state index in [1.807, 2.05) is 28.8 Å². The molecule has 150 valence electrons. The number of halogens is 1. The number of aromatic nitrogens is 3. The van der Waals surface area contributed by atoms with Gasteiger partial charge in [0.15, 0.2) is 11.6 Å². The van der Waals surface area contributed by atoms with Crippen molar-refractivity contribution in [3.05, 3.63) is 30.2 Å². The second-order valence-electron chi connectivity index (χ2n) is 6.64. The van der Waals surface area contributed by atoms with E-state index in [-0.39, 0.29) is 24.0 Å². The van der Waals surface area contributed by atoms with Crippen LogP contribution in [0.2, 0.25) is 0 Å². The highest BCUT2D eigenvalue weighted by Crippen LogP contribution is 2.16. The van der Waals surface area contributed by atoms with Crippen molar-refractivity contribution >= 4 is 35.6 Å². The van der Waals surface area contributed by atoms with Gasteiger partial charge in [0, 0.05) is 51.3 Å². The molecule has 0 bridgehead atoms. The van der Waals surface area contributed by atoms with Gasteiger partial charge >= 0.3 is 0 Å². The third-order valence-electron chi connectivity index (χ3n) is 4.68. The van der Waals surface area contributed by atoms with E-state index >= 15 is 0 Å². The van der Waals surface area contributed by atoms with Gasteiger partial charge in [0.1, 0.15) is 5.82 Å². The number of nitrogens with zero attached hydrogens (tertiary/aromatic N) is 5. The Labute approximate surface area is 178 Å². The molecule has 1 fully saturated rings. The Hall–Kier alpha value is -1.42. The minimum Gasteiger partial charge on any atom is -0.381 e. The largest absolute Gasteiger partial charge is 0.381 e. The van der Waals surface area contributed by atoms with E-state index in [1.54, 1.807) is 0 Å². The molecule has 1 aliphatic rings. The van der Waals surface area contributed by atoms with E-state index in [0.29, 0.717) is 5.92 Å². The maximum Gasteiger partial charge on any atom is 0.193 e. The topological polar surface area (TPSA) is 67.0 Å². The molecule has 1 N–H and O–H groups in total. The summed E-state index contributed by atoms with van der Waals surface area (Å²) in [5.41, 5.74) is 0.900. The number of pyridine rings is 1. The molecule has 1 unspecified atom stereocenters. The van der Waals surface area contributed by atoms with Crippen LogP contribution < -0.4 is 5.32 Å². The van der Waals surface area contributed by atoms with Crippen molar-refractivity contribution in [3.8, 4) is 0 Å². The van der Waals surface area contributed by atoms with Crippen molar-refractivity contribution in [2.24, 2.45) is 10.9 Å². The van der Waals surface area contributed by atoms with Crippen LogP contribution in [-0.2, 0) is 11.2 Å². The van der Waals surface area contributed by atoms with E-state index in [0.717, 1.165) is 69.7 Å². The van der Waals surface area contributed by atoms with E-state index in [1.165, 1.54) is 6.42 Å². The molecule has 7 nitrogen and oxygen atoms in total. The summed E-state index contributed by atoms with van der Waals surface area (Å²) < 4.78 is 7.63. The van der Waals surface area contributed by atoms with Crippen molar-refractivity contribution in [1.82, 2.24) is 24.8 Å². The first kappa shape index (κ1) is 21.9. The molecular weight excluding hydrogens is 455 g/mol. The lowest BCUT2D eigenvalue weighted by molar-refractivity contribution is 0.114. The molecular formula is C19H31IN6O. The number of ether oxygens (including phenoxy) is 1. The maximum atomic E-state index is 5.58. The Morgan fingerprint density at radius 2 is 2.22 bits per heavy atom. The van der Waals surface area contributed by atoms with Crippen molar-refractivity contribution in [3.63, 3.8) is 0 Å². The van der Waals surface area contributed by atoms with Crippen LogP contribution in [0.3, 0.4) is 0 Å². The monoisotopic (exact) mass is 486 g/mol. The van der Waals surface area contributed by atoms with E-state index in [9.17, 15) is 0 Å². The molecule has 0 aromatic carbocycles. The first-order chi connectivity index (χ1) is 12.8. The zero-order chi connectivity index (χ0) is 18.2. The predicted octanol–water partition coefficient (Wildman–Crippen LogP) is 2.60. The smallest absolute Gasteiger partial charge is 0.193 e. The lowest BCUT2D eigenvalue weighted by Gasteiger charge is -2.21. The number of hydrogen-bond donors (Lipinski definition) is 1. The fraction of sp³-hybridized carbons (Fsp3) is 0.632. The minimum absolute atomic E-state index is 0. The summed E-state index contributed by atoms with van der Waals surface area (Å²) >= 11 is 0. The Bertz CT molecular complexity index is 719. The third-order valence-corrected chi connectivity index (χ3v) is 4.68. The van der Waals surface area contributed by atoms with Gasteiger partial charge in [-0.2, -0.15) is 0 Å². The summed E-state index contributed by atoms with van der Waals surface area (Å²) in [7, 11) is 0. The highest BCUT2D eigenvalue weighted by molar-refractivity contribution is 14.0. The number of guanidine groups is 1. The summed E-state index contributed by atoms with van der Waals surface area (Å²) in [6.45, 7) is 9.58. The van der Waals surface area contributed by atoms with Crippen molar-refractivity contribution in [1.29, 1.82) is 0 Å². The van der Waals surface area contributed by atoms with E-state index in [4.69, 9.17) is 9.73 Å². The molecule has 0 spiro atoms. The Morgan fingerprint density at radius 3 is 3.04 bits per heavy atom. The van der Waals surface area contributed by atoms with E-state index < -0.39 is 0 Å². The molecule has 1 aliphatic heterocycles. The molecule has 3 heterocycles. The molecule has 0 amide bonds. The van der Waals surface area contributed by atoms with Crippen LogP contribution in [0.4, 0.5) is 0 Å². The number of fused-ring (bicyclic) bond motifs is 1. The highest BCUT2D eigenvalue weighted by Gasteiger charge is 2.24. The SMILES string of the molecule is CCNC(=NCCCc1nnc2ccccn12)N1CCC(COCC)C1.I. The summed E-state index contributed by atoms with van der Waals surface area (Å²) in [6.07, 6.45) is 5.03. The molecule has 3 rings (SSSR count). The van der Waals surface area contributed by atoms with Crippen molar-refractivity contribution in [2.45, 2.75) is 33.1 Å². The summed E-state index contributed by atoms with van der Waals surface area (Å²) in [5, 5.41) is 11.9. The van der Waals surface area contributed by atoms with E-state index in [2.05, 4.69) is 34.3 Å². The fourth-order valence-corrected chi connectivity index (χ4v) is 3.35. The highest BCUT2D eigenvalue weighted by atomic mass is 127. The molecule has 0 radical (unpaired) electrons. The first-order valence-electron chi connectivity index (χ1n) is 9.71. The molecule has 27 heavy (non-hydrogen) atoms. The lowest BCUT2D eigenvalue weighted by atomic mass is 10.1. The fourth-order valence-electron chi connectivity index (χ4n) is 3.35. The Balaban J connectivity index is 0.00000261. The van der Waals surface area contributed by atoms with Gasteiger partial charge < -0.3 is 15.0 Å². The molecule has 2 aromatic rings. The van der Waals surface area contributed by atoms with Crippen LogP contribution in [0.25, 0.3) is 5.65 Å². The van der Waals surface area contributed by atoms with Crippen molar-refractivity contribution in [2.75, 3.05) is 39.4 Å². The van der Waals surface area contributed by atoms with Crippen LogP contribution in [0.15, 0.2) is 29.4 Å². The summed E-state index contributed by atoms with van der Waals surface area (Å²) in [6, 6.07) is 5.97. The second kappa shape index (κ2) is 11.4. The number of likely N-dealkylation sites (tertiary alicyclic amines) is 1. The number of nitrogens with one attached hydrogen (secondary N) is 1. The van der Waals surface area contributed by atoms with Gasteiger partial charge in [-0.05, 0) is 38.8 Å². The van der Waals surface area contributed by atoms with Crippen LogP contribution in [-0.4, -0.2) is 64.9 Å². The van der Waals surface area contributed by atoms with Gasteiger partial charge in [-0.15, -0.1) is 34.2 Å². The molecule has 0 saturated carbocycles. The zero-order valence-electron chi connectivity index (χ0n) is 16.3. The summed E-state index contributed by atoms with van der Waals surface area (Å²) in [4.78, 5) is 7.18. The van der Waals surface area contributed by atoms with Crippen LogP contribution in [0, 0.1) is 5.92 Å². The standard InChI is InChI=1S/C19H30N6O.HI/c1-3-20-19(24-13-10-16(14-24)15-26-4-2)21-11-7-9-18-23-22-17-8-5-6-12-25(17)18;/h5-6,8,12,16H,3-4,7,9-11,13-15H2,1-2H3,(H,20,21);1H. The van der Waals surface area contributed by atoms with Crippen molar-refractivity contribution < 1.29 is 4.74 Å². The van der Waals surface area contributed by atoms with Gasteiger partial charge in [0.25, 0.3) is 0 Å². The van der Waals surface area contributed by atoms with Gasteiger partial charge in [-0.3, -0.25) is 9.39 Å². The van der Waals surface area contributed by atoms with Gasteiger partial charge in [0.05, 0.1) is 6.61 Å². The quantitative estimate of drug-likeness (QED) is 0.269. The number of hydrogen-bond acceptors (Lipinski definition) is 4.